The van der Waals surface area contributed by atoms with Crippen LogP contribution in [0.1, 0.15) is 6.42 Å². The standard InChI is InChI=1S/C13H16ClNO5S/c1-19-11-4-2-3-5-12(11)20-7-6-15-9-10(8-13(15)16)21(14,17)18/h2-5,10H,6-9H2,1H3. The molecule has 1 unspecified atom stereocenters. The fourth-order valence-corrected chi connectivity index (χ4v) is 3.20. The van der Waals surface area contributed by atoms with Crippen LogP contribution in [-0.4, -0.2) is 51.3 Å². The van der Waals surface area contributed by atoms with Gasteiger partial charge in [0, 0.05) is 23.6 Å². The number of benzene rings is 1. The average Bonchev–Trinajstić information content (AvgIpc) is 2.81. The van der Waals surface area contributed by atoms with Gasteiger partial charge in [-0.05, 0) is 12.1 Å². The molecule has 8 heteroatoms. The predicted octanol–water partition coefficient (Wildman–Crippen LogP) is 1.24. The first-order valence-corrected chi connectivity index (χ1v) is 8.76. The molecule has 116 valence electrons. The van der Waals surface area contributed by atoms with Gasteiger partial charge in [0.25, 0.3) is 0 Å². The number of likely N-dealkylation sites (tertiary alicyclic amines) is 1. The first-order valence-electron chi connectivity index (χ1n) is 6.39. The van der Waals surface area contributed by atoms with Crippen LogP contribution in [0.2, 0.25) is 0 Å². The molecule has 1 fully saturated rings. The smallest absolute Gasteiger partial charge is 0.237 e. The summed E-state index contributed by atoms with van der Waals surface area (Å²) in [6.45, 7) is 0.668. The zero-order chi connectivity index (χ0) is 15.5. The second-order valence-corrected chi connectivity index (χ2v) is 7.55. The molecule has 1 aliphatic heterocycles. The SMILES string of the molecule is COc1ccccc1OCCN1CC(S(=O)(=O)Cl)CC1=O. The summed E-state index contributed by atoms with van der Waals surface area (Å²) >= 11 is 0. The van der Waals surface area contributed by atoms with Crippen molar-refractivity contribution < 1.29 is 22.7 Å². The Morgan fingerprint density at radius 3 is 2.57 bits per heavy atom. The Morgan fingerprint density at radius 2 is 2.00 bits per heavy atom. The highest BCUT2D eigenvalue weighted by atomic mass is 35.7. The van der Waals surface area contributed by atoms with E-state index in [1.165, 1.54) is 4.90 Å². The minimum absolute atomic E-state index is 0.0690. The first kappa shape index (κ1) is 15.9. The zero-order valence-electron chi connectivity index (χ0n) is 11.5. The molecule has 2 rings (SSSR count). The number of rotatable bonds is 6. The molecule has 6 nitrogen and oxygen atoms in total. The summed E-state index contributed by atoms with van der Waals surface area (Å²) in [6.07, 6.45) is -0.0690. The number of halogens is 1. The van der Waals surface area contributed by atoms with Gasteiger partial charge < -0.3 is 14.4 Å². The number of hydrogen-bond acceptors (Lipinski definition) is 5. The van der Waals surface area contributed by atoms with E-state index in [1.54, 1.807) is 19.2 Å². The van der Waals surface area contributed by atoms with Gasteiger partial charge in [0.2, 0.25) is 15.0 Å². The number of amides is 1. The molecule has 1 saturated heterocycles. The number of carbonyl (C=O) groups is 1. The molecule has 0 aromatic heterocycles. The van der Waals surface area contributed by atoms with Crippen molar-refractivity contribution in [2.45, 2.75) is 11.7 Å². The maximum atomic E-state index is 11.7. The summed E-state index contributed by atoms with van der Waals surface area (Å²) < 4.78 is 33.2. The van der Waals surface area contributed by atoms with E-state index in [-0.39, 0.29) is 25.5 Å². The molecule has 21 heavy (non-hydrogen) atoms. The maximum Gasteiger partial charge on any atom is 0.237 e. The lowest BCUT2D eigenvalue weighted by molar-refractivity contribution is -0.128. The van der Waals surface area contributed by atoms with E-state index in [1.807, 2.05) is 12.1 Å². The largest absolute Gasteiger partial charge is 0.493 e. The zero-order valence-corrected chi connectivity index (χ0v) is 13.1. The van der Waals surface area contributed by atoms with E-state index in [9.17, 15) is 13.2 Å². The molecule has 0 N–H and O–H groups in total. The van der Waals surface area contributed by atoms with Gasteiger partial charge in [-0.3, -0.25) is 4.79 Å². The molecule has 1 heterocycles. The highest BCUT2D eigenvalue weighted by Crippen LogP contribution is 2.26. The van der Waals surface area contributed by atoms with Crippen LogP contribution in [0.3, 0.4) is 0 Å². The van der Waals surface area contributed by atoms with Crippen molar-refractivity contribution in [2.75, 3.05) is 26.8 Å². The Bertz CT molecular complexity index is 619. The van der Waals surface area contributed by atoms with Gasteiger partial charge in [0.15, 0.2) is 11.5 Å². The number of ether oxygens (including phenoxy) is 2. The Balaban J connectivity index is 1.88. The van der Waals surface area contributed by atoms with Crippen molar-refractivity contribution >= 4 is 25.6 Å². The van der Waals surface area contributed by atoms with E-state index >= 15 is 0 Å². The summed E-state index contributed by atoms with van der Waals surface area (Å²) in [5, 5.41) is -0.835. The molecule has 1 aliphatic rings. The third-order valence-corrected chi connectivity index (χ3v) is 5.13. The Labute approximate surface area is 128 Å². The summed E-state index contributed by atoms with van der Waals surface area (Å²) in [5.74, 6) is 0.951. The van der Waals surface area contributed by atoms with Crippen LogP contribution < -0.4 is 9.47 Å². The number of para-hydroxylation sites is 2. The van der Waals surface area contributed by atoms with E-state index in [0.29, 0.717) is 18.0 Å². The summed E-state index contributed by atoms with van der Waals surface area (Å²) in [5.41, 5.74) is 0. The molecule has 0 bridgehead atoms. The van der Waals surface area contributed by atoms with Crippen LogP contribution in [0, 0.1) is 0 Å². The molecule has 0 spiro atoms. The summed E-state index contributed by atoms with van der Waals surface area (Å²) in [4.78, 5) is 13.2. The maximum absolute atomic E-state index is 11.7. The molecule has 0 radical (unpaired) electrons. The van der Waals surface area contributed by atoms with Gasteiger partial charge in [0.05, 0.1) is 13.7 Å². The molecular formula is C13H16ClNO5S. The quantitative estimate of drug-likeness (QED) is 0.732. The van der Waals surface area contributed by atoms with Crippen LogP contribution >= 0.6 is 10.7 Å². The van der Waals surface area contributed by atoms with Crippen molar-refractivity contribution in [3.63, 3.8) is 0 Å². The average molecular weight is 334 g/mol. The lowest BCUT2D eigenvalue weighted by Gasteiger charge is -2.17. The van der Waals surface area contributed by atoms with Crippen LogP contribution in [0.15, 0.2) is 24.3 Å². The van der Waals surface area contributed by atoms with Gasteiger partial charge in [-0.2, -0.15) is 0 Å². The van der Waals surface area contributed by atoms with Crippen molar-refractivity contribution in [3.8, 4) is 11.5 Å². The molecular weight excluding hydrogens is 318 g/mol. The van der Waals surface area contributed by atoms with Gasteiger partial charge in [0.1, 0.15) is 11.9 Å². The molecule has 0 saturated carbocycles. The number of nitrogens with zero attached hydrogens (tertiary/aromatic N) is 1. The lowest BCUT2D eigenvalue weighted by atomic mass is 10.3. The molecule has 1 aromatic rings. The van der Waals surface area contributed by atoms with Crippen molar-refractivity contribution in [1.29, 1.82) is 0 Å². The summed E-state index contributed by atoms with van der Waals surface area (Å²) in [7, 11) is 3.12. The Morgan fingerprint density at radius 1 is 1.33 bits per heavy atom. The third kappa shape index (κ3) is 4.01. The highest BCUT2D eigenvalue weighted by molar-refractivity contribution is 8.14. The molecule has 1 atom stereocenters. The highest BCUT2D eigenvalue weighted by Gasteiger charge is 2.36. The Kier molecular flexibility index (Phi) is 4.95. The molecule has 1 amide bonds. The normalized spacial score (nSPS) is 18.9. The van der Waals surface area contributed by atoms with E-state index in [4.69, 9.17) is 20.2 Å². The van der Waals surface area contributed by atoms with Crippen molar-refractivity contribution in [2.24, 2.45) is 0 Å². The number of hydrogen-bond donors (Lipinski definition) is 0. The fourth-order valence-electron chi connectivity index (χ4n) is 2.14. The van der Waals surface area contributed by atoms with Gasteiger partial charge >= 0.3 is 0 Å². The van der Waals surface area contributed by atoms with Crippen molar-refractivity contribution in [3.05, 3.63) is 24.3 Å². The van der Waals surface area contributed by atoms with Crippen molar-refractivity contribution in [1.82, 2.24) is 4.90 Å². The number of carbonyl (C=O) groups excluding carboxylic acids is 1. The monoisotopic (exact) mass is 333 g/mol. The first-order chi connectivity index (χ1) is 9.91. The second-order valence-electron chi connectivity index (χ2n) is 4.64. The van der Waals surface area contributed by atoms with Crippen LogP contribution in [0.4, 0.5) is 0 Å². The van der Waals surface area contributed by atoms with E-state index < -0.39 is 14.3 Å². The topological polar surface area (TPSA) is 72.9 Å². The third-order valence-electron chi connectivity index (χ3n) is 3.27. The van der Waals surface area contributed by atoms with Crippen LogP contribution in [0.25, 0.3) is 0 Å². The minimum Gasteiger partial charge on any atom is -0.493 e. The van der Waals surface area contributed by atoms with E-state index in [0.717, 1.165) is 0 Å². The van der Waals surface area contributed by atoms with Crippen LogP contribution in [0.5, 0.6) is 11.5 Å². The lowest BCUT2D eigenvalue weighted by Crippen LogP contribution is -2.31. The van der Waals surface area contributed by atoms with Gasteiger partial charge in [-0.15, -0.1) is 0 Å². The predicted molar refractivity (Wildman–Crippen MR) is 78.2 cm³/mol. The second kappa shape index (κ2) is 6.53. The Hall–Kier alpha value is -1.47. The molecule has 0 aliphatic carbocycles. The minimum atomic E-state index is -3.71. The summed E-state index contributed by atoms with van der Waals surface area (Å²) in [6, 6.07) is 7.17. The van der Waals surface area contributed by atoms with E-state index in [2.05, 4.69) is 0 Å². The molecule has 1 aromatic carbocycles. The van der Waals surface area contributed by atoms with Gasteiger partial charge in [-0.25, -0.2) is 8.42 Å². The van der Waals surface area contributed by atoms with Crippen LogP contribution in [-0.2, 0) is 13.8 Å². The fraction of sp³-hybridized carbons (Fsp3) is 0.462. The number of methoxy groups -OCH3 is 1. The van der Waals surface area contributed by atoms with Gasteiger partial charge in [-0.1, -0.05) is 12.1 Å².